The summed E-state index contributed by atoms with van der Waals surface area (Å²) in [6.45, 7) is 2.95. The molecule has 1 aromatic rings. The van der Waals surface area contributed by atoms with Crippen molar-refractivity contribution < 1.29 is 14.3 Å². The minimum Gasteiger partial charge on any atom is -0.461 e. The molecule has 126 valence electrons. The average molecular weight is 317 g/mol. The lowest BCUT2D eigenvalue weighted by Crippen LogP contribution is -2.24. The van der Waals surface area contributed by atoms with E-state index in [0.717, 1.165) is 12.0 Å². The quantitative estimate of drug-likeness (QED) is 0.384. The molecular weight excluding hydrogens is 290 g/mol. The number of carbonyl (C=O) groups excluding carboxylic acids is 2. The van der Waals surface area contributed by atoms with Crippen molar-refractivity contribution in [2.24, 2.45) is 0 Å². The molecule has 0 atom stereocenters. The molecule has 0 fully saturated rings. The summed E-state index contributed by atoms with van der Waals surface area (Å²) in [6.07, 6.45) is 9.01. The van der Waals surface area contributed by atoms with Gasteiger partial charge < -0.3 is 10.1 Å². The Hall–Kier alpha value is -2.10. The van der Waals surface area contributed by atoms with Gasteiger partial charge in [-0.15, -0.1) is 0 Å². The monoisotopic (exact) mass is 317 g/mol. The number of hydrogen-bond acceptors (Lipinski definition) is 3. The Kier molecular flexibility index (Phi) is 10.3. The number of unbranched alkanes of at least 4 members (excludes halogenated alkanes) is 3. The van der Waals surface area contributed by atoms with Gasteiger partial charge in [0.25, 0.3) is 0 Å². The largest absolute Gasteiger partial charge is 0.461 e. The van der Waals surface area contributed by atoms with Crippen molar-refractivity contribution in [3.05, 3.63) is 48.0 Å². The molecule has 23 heavy (non-hydrogen) atoms. The molecule has 0 radical (unpaired) electrons. The topological polar surface area (TPSA) is 55.4 Å². The van der Waals surface area contributed by atoms with E-state index in [-0.39, 0.29) is 31.3 Å². The van der Waals surface area contributed by atoms with E-state index in [9.17, 15) is 9.59 Å². The van der Waals surface area contributed by atoms with Crippen LogP contribution in [0.15, 0.2) is 42.5 Å². The highest BCUT2D eigenvalue weighted by molar-refractivity contribution is 5.81. The Morgan fingerprint density at radius 2 is 1.87 bits per heavy atom. The summed E-state index contributed by atoms with van der Waals surface area (Å²) in [7, 11) is 0. The second-order valence-electron chi connectivity index (χ2n) is 5.42. The molecule has 1 N–H and O–H groups in total. The maximum atomic E-state index is 11.6. The summed E-state index contributed by atoms with van der Waals surface area (Å²) in [5.41, 5.74) is 0.943. The van der Waals surface area contributed by atoms with Crippen LogP contribution in [0.2, 0.25) is 0 Å². The van der Waals surface area contributed by atoms with Gasteiger partial charge in [0, 0.05) is 13.0 Å². The van der Waals surface area contributed by atoms with Crippen LogP contribution in [0.3, 0.4) is 0 Å². The first-order chi connectivity index (χ1) is 11.2. The normalized spacial score (nSPS) is 10.7. The van der Waals surface area contributed by atoms with E-state index >= 15 is 0 Å². The first-order valence-corrected chi connectivity index (χ1v) is 8.33. The molecule has 1 rings (SSSR count). The molecule has 0 unspecified atom stereocenters. The predicted molar refractivity (Wildman–Crippen MR) is 91.8 cm³/mol. The highest BCUT2D eigenvalue weighted by Crippen LogP contribution is 2.03. The molecule has 0 saturated heterocycles. The van der Waals surface area contributed by atoms with Crippen molar-refractivity contribution in [1.29, 1.82) is 0 Å². The molecule has 4 heteroatoms. The Morgan fingerprint density at radius 3 is 2.61 bits per heavy atom. The molecular formula is C19H27NO3. The van der Waals surface area contributed by atoms with Gasteiger partial charge in [0.05, 0.1) is 6.42 Å². The summed E-state index contributed by atoms with van der Waals surface area (Å²) in [4.78, 5) is 23.2. The fourth-order valence-electron chi connectivity index (χ4n) is 2.00. The van der Waals surface area contributed by atoms with Crippen LogP contribution in [0, 0.1) is 0 Å². The van der Waals surface area contributed by atoms with Crippen molar-refractivity contribution in [2.75, 3.05) is 6.54 Å². The van der Waals surface area contributed by atoms with Crippen molar-refractivity contribution in [1.82, 2.24) is 5.32 Å². The lowest BCUT2D eigenvalue weighted by Gasteiger charge is -2.05. The molecule has 0 aliphatic carbocycles. The van der Waals surface area contributed by atoms with E-state index in [1.54, 1.807) is 0 Å². The molecule has 0 heterocycles. The van der Waals surface area contributed by atoms with E-state index in [4.69, 9.17) is 4.74 Å². The summed E-state index contributed by atoms with van der Waals surface area (Å²) in [6, 6.07) is 9.49. The second kappa shape index (κ2) is 12.4. The van der Waals surface area contributed by atoms with Crippen LogP contribution < -0.4 is 5.32 Å². The smallest absolute Gasteiger partial charge is 0.306 e. The zero-order valence-corrected chi connectivity index (χ0v) is 13.9. The van der Waals surface area contributed by atoms with Crippen LogP contribution in [0.5, 0.6) is 0 Å². The van der Waals surface area contributed by atoms with E-state index < -0.39 is 0 Å². The van der Waals surface area contributed by atoms with Gasteiger partial charge in [0.1, 0.15) is 6.61 Å². The second-order valence-corrected chi connectivity index (χ2v) is 5.42. The van der Waals surface area contributed by atoms with E-state index in [1.165, 1.54) is 19.3 Å². The number of amides is 1. The minimum atomic E-state index is -0.348. The molecule has 0 aliphatic heterocycles. The van der Waals surface area contributed by atoms with Crippen molar-refractivity contribution in [2.45, 2.75) is 52.1 Å². The molecule has 1 aromatic carbocycles. The van der Waals surface area contributed by atoms with Gasteiger partial charge in [0.2, 0.25) is 5.91 Å². The molecule has 1 amide bonds. The molecule has 0 saturated carbocycles. The standard InChI is InChI=1S/C19H27NO3/c1-2-3-4-5-6-10-15-20-18(21)13-14-19(22)23-16-17-11-8-7-9-12-17/h6-12H,2-5,13-16H2,1H3,(H,20,21)/b10-6-. The Bertz CT molecular complexity index is 483. The number of benzene rings is 1. The maximum absolute atomic E-state index is 11.6. The van der Waals surface area contributed by atoms with E-state index in [2.05, 4.69) is 18.3 Å². The maximum Gasteiger partial charge on any atom is 0.306 e. The first kappa shape index (κ1) is 18.9. The number of allylic oxidation sites excluding steroid dienone is 1. The van der Waals surface area contributed by atoms with Gasteiger partial charge in [-0.1, -0.05) is 62.2 Å². The average Bonchev–Trinajstić information content (AvgIpc) is 2.58. The Morgan fingerprint density at radius 1 is 1.09 bits per heavy atom. The summed E-state index contributed by atoms with van der Waals surface area (Å²) in [5, 5.41) is 2.77. The highest BCUT2D eigenvalue weighted by Gasteiger charge is 2.07. The van der Waals surface area contributed by atoms with Crippen LogP contribution in [0.4, 0.5) is 0 Å². The fourth-order valence-corrected chi connectivity index (χ4v) is 2.00. The Balaban J connectivity index is 2.05. The molecule has 0 spiro atoms. The lowest BCUT2D eigenvalue weighted by atomic mass is 10.2. The fraction of sp³-hybridized carbons (Fsp3) is 0.474. The third-order valence-corrected chi connectivity index (χ3v) is 3.36. The van der Waals surface area contributed by atoms with Gasteiger partial charge in [-0.2, -0.15) is 0 Å². The SMILES string of the molecule is CCCCC/C=C\CNC(=O)CCC(=O)OCc1ccccc1. The minimum absolute atomic E-state index is 0.110. The number of hydrogen-bond donors (Lipinski definition) is 1. The van der Waals surface area contributed by atoms with Gasteiger partial charge in [0.15, 0.2) is 0 Å². The summed E-state index contributed by atoms with van der Waals surface area (Å²) >= 11 is 0. The van der Waals surface area contributed by atoms with Crippen molar-refractivity contribution >= 4 is 11.9 Å². The van der Waals surface area contributed by atoms with Crippen molar-refractivity contribution in [3.8, 4) is 0 Å². The van der Waals surface area contributed by atoms with Crippen LogP contribution in [-0.4, -0.2) is 18.4 Å². The van der Waals surface area contributed by atoms with Gasteiger partial charge in [-0.3, -0.25) is 9.59 Å². The van der Waals surface area contributed by atoms with Gasteiger partial charge in [-0.25, -0.2) is 0 Å². The van der Waals surface area contributed by atoms with Crippen molar-refractivity contribution in [3.63, 3.8) is 0 Å². The highest BCUT2D eigenvalue weighted by atomic mass is 16.5. The number of esters is 1. The van der Waals surface area contributed by atoms with Gasteiger partial charge in [-0.05, 0) is 18.4 Å². The third kappa shape index (κ3) is 10.3. The molecule has 0 aliphatic rings. The Labute approximate surface area is 138 Å². The van der Waals surface area contributed by atoms with Crippen LogP contribution in [0.1, 0.15) is 51.0 Å². The van der Waals surface area contributed by atoms with Gasteiger partial charge >= 0.3 is 5.97 Å². The number of carbonyl (C=O) groups is 2. The predicted octanol–water partition coefficient (Wildman–Crippen LogP) is 3.76. The number of ether oxygens (including phenoxy) is 1. The summed E-state index contributed by atoms with van der Waals surface area (Å²) in [5.74, 6) is -0.473. The third-order valence-electron chi connectivity index (χ3n) is 3.36. The zero-order chi connectivity index (χ0) is 16.8. The van der Waals surface area contributed by atoms with Crippen LogP contribution >= 0.6 is 0 Å². The van der Waals surface area contributed by atoms with E-state index in [1.807, 2.05) is 36.4 Å². The van der Waals surface area contributed by atoms with Crippen LogP contribution in [-0.2, 0) is 20.9 Å². The lowest BCUT2D eigenvalue weighted by molar-refractivity contribution is -0.146. The summed E-state index contributed by atoms with van der Waals surface area (Å²) < 4.78 is 5.13. The zero-order valence-electron chi connectivity index (χ0n) is 13.9. The molecule has 0 aromatic heterocycles. The van der Waals surface area contributed by atoms with E-state index in [0.29, 0.717) is 6.54 Å². The number of rotatable bonds is 11. The molecule has 0 bridgehead atoms. The number of nitrogens with one attached hydrogen (secondary N) is 1. The first-order valence-electron chi connectivity index (χ1n) is 8.33. The van der Waals surface area contributed by atoms with Crippen LogP contribution in [0.25, 0.3) is 0 Å². The molecule has 4 nitrogen and oxygen atoms in total.